The number of nitrogens with zero attached hydrogens (tertiary/aromatic N) is 4. The maximum Gasteiger partial charge on any atom is 0.235 e. The topological polar surface area (TPSA) is 44.9 Å². The molecule has 0 amide bonds. The Bertz CT molecular complexity index is 2960. The van der Waals surface area contributed by atoms with E-state index in [1.54, 1.807) is 0 Å². The molecule has 0 radical (unpaired) electrons. The largest absolute Gasteiger partial charge is 0.456 e. The Morgan fingerprint density at radius 3 is 1.96 bits per heavy atom. The maximum atomic E-state index is 6.34. The smallest absolute Gasteiger partial charge is 0.235 e. The summed E-state index contributed by atoms with van der Waals surface area (Å²) in [5, 5.41) is 5.63. The van der Waals surface area contributed by atoms with Crippen molar-refractivity contribution < 1.29 is 4.74 Å². The lowest BCUT2D eigenvalue weighted by Gasteiger charge is -2.21. The Hall–Kier alpha value is -6.72. The zero-order chi connectivity index (χ0) is 32.1. The predicted octanol–water partition coefficient (Wildman–Crippen LogP) is 11.3. The summed E-state index contributed by atoms with van der Waals surface area (Å²) in [6, 6.07) is 55.4. The summed E-state index contributed by atoms with van der Waals surface area (Å²) in [5.41, 5.74) is 10.6. The van der Waals surface area contributed by atoms with E-state index in [9.17, 15) is 0 Å². The van der Waals surface area contributed by atoms with Crippen LogP contribution in [0.5, 0.6) is 11.5 Å². The molecule has 5 heteroatoms. The number of rotatable bonds is 3. The highest BCUT2D eigenvalue weighted by Gasteiger charge is 2.27. The van der Waals surface area contributed by atoms with Crippen LogP contribution < -0.4 is 4.74 Å². The summed E-state index contributed by atoms with van der Waals surface area (Å²) in [7, 11) is 0. The standard InChI is InChI=1S/C44H26N4O/c1-3-14-27(15-4-1)32-26-33-29-18-7-10-22-35(29)48(42(33)43-39(32)30-19-8-11-23-36(30)47(43)28-16-5-2-6-17-28)44-45-34-21-13-25-38-40(34)41(46-44)31-20-9-12-24-37(31)49-38/h1-26H. The Labute approximate surface area is 280 Å². The zero-order valence-corrected chi connectivity index (χ0v) is 26.2. The van der Waals surface area contributed by atoms with Crippen LogP contribution in [-0.4, -0.2) is 19.1 Å². The van der Waals surface area contributed by atoms with Gasteiger partial charge in [-0.15, -0.1) is 0 Å². The molecule has 49 heavy (non-hydrogen) atoms. The Kier molecular flexibility index (Phi) is 5.32. The average Bonchev–Trinajstić information content (AvgIpc) is 3.69. The van der Waals surface area contributed by atoms with Crippen molar-refractivity contribution in [1.29, 1.82) is 0 Å². The molecule has 0 fully saturated rings. The first-order valence-electron chi connectivity index (χ1n) is 16.5. The van der Waals surface area contributed by atoms with E-state index in [0.29, 0.717) is 5.95 Å². The highest BCUT2D eigenvalue weighted by Crippen LogP contribution is 2.48. The van der Waals surface area contributed by atoms with Gasteiger partial charge in [0.1, 0.15) is 11.5 Å². The third-order valence-corrected chi connectivity index (χ3v) is 9.91. The molecular formula is C44H26N4O. The summed E-state index contributed by atoms with van der Waals surface area (Å²) in [6.07, 6.45) is 0. The fourth-order valence-electron chi connectivity index (χ4n) is 7.89. The number of ether oxygens (including phenoxy) is 1. The molecule has 11 rings (SSSR count). The van der Waals surface area contributed by atoms with Gasteiger partial charge in [-0.3, -0.25) is 4.57 Å². The monoisotopic (exact) mass is 626 g/mol. The SMILES string of the molecule is c1ccc(-c2cc3c4ccccc4n(-c4nc5c6c(cccc6n4)Oc4ccccc4-5)c3c3c2c2ccccc2n3-c2ccccc2)cc1. The number of fused-ring (bicyclic) bond motifs is 9. The molecule has 228 valence electrons. The third kappa shape index (κ3) is 3.64. The highest BCUT2D eigenvalue weighted by atomic mass is 16.5. The zero-order valence-electron chi connectivity index (χ0n) is 26.2. The lowest BCUT2D eigenvalue weighted by Crippen LogP contribution is -2.07. The third-order valence-electron chi connectivity index (χ3n) is 9.91. The second-order valence-corrected chi connectivity index (χ2v) is 12.6. The van der Waals surface area contributed by atoms with Crippen LogP contribution in [0.2, 0.25) is 0 Å². The van der Waals surface area contributed by atoms with E-state index >= 15 is 0 Å². The normalized spacial score (nSPS) is 12.2. The predicted molar refractivity (Wildman–Crippen MR) is 199 cm³/mol. The fourth-order valence-corrected chi connectivity index (χ4v) is 7.89. The van der Waals surface area contributed by atoms with Gasteiger partial charge in [0.2, 0.25) is 5.95 Å². The summed E-state index contributed by atoms with van der Waals surface area (Å²) in [4.78, 5) is 10.7. The van der Waals surface area contributed by atoms with Crippen LogP contribution in [0.1, 0.15) is 0 Å². The molecule has 0 N–H and O–H groups in total. The molecule has 7 aromatic carbocycles. The average molecular weight is 627 g/mol. The summed E-state index contributed by atoms with van der Waals surface area (Å²) in [5.74, 6) is 2.20. The van der Waals surface area contributed by atoms with Crippen LogP contribution in [-0.2, 0) is 0 Å². The van der Waals surface area contributed by atoms with Crippen molar-refractivity contribution in [3.8, 4) is 45.5 Å². The molecule has 10 aromatic rings. The molecule has 1 aliphatic heterocycles. The van der Waals surface area contributed by atoms with E-state index in [4.69, 9.17) is 14.7 Å². The number of aromatic nitrogens is 4. The minimum absolute atomic E-state index is 0.626. The van der Waals surface area contributed by atoms with E-state index in [1.807, 2.05) is 30.3 Å². The van der Waals surface area contributed by atoms with Crippen LogP contribution in [0, 0.1) is 0 Å². The van der Waals surface area contributed by atoms with Crippen LogP contribution in [0.15, 0.2) is 158 Å². The summed E-state index contributed by atoms with van der Waals surface area (Å²) in [6.45, 7) is 0. The molecule has 0 aliphatic carbocycles. The van der Waals surface area contributed by atoms with Gasteiger partial charge in [-0.2, -0.15) is 0 Å². The fraction of sp³-hybridized carbons (Fsp3) is 0. The van der Waals surface area contributed by atoms with E-state index in [-0.39, 0.29) is 0 Å². The number of para-hydroxylation sites is 4. The molecule has 3 aromatic heterocycles. The number of hydrogen-bond donors (Lipinski definition) is 0. The van der Waals surface area contributed by atoms with Crippen LogP contribution >= 0.6 is 0 Å². The van der Waals surface area contributed by atoms with Gasteiger partial charge >= 0.3 is 0 Å². The number of hydrogen-bond acceptors (Lipinski definition) is 3. The second kappa shape index (κ2) is 9.89. The van der Waals surface area contributed by atoms with Gasteiger partial charge < -0.3 is 9.30 Å². The van der Waals surface area contributed by atoms with Crippen molar-refractivity contribution in [1.82, 2.24) is 19.1 Å². The van der Waals surface area contributed by atoms with Crippen LogP contribution in [0.25, 0.3) is 88.5 Å². The first-order chi connectivity index (χ1) is 24.3. The molecule has 0 bridgehead atoms. The lowest BCUT2D eigenvalue weighted by molar-refractivity contribution is 0.486. The highest BCUT2D eigenvalue weighted by molar-refractivity contribution is 6.28. The van der Waals surface area contributed by atoms with E-state index in [1.165, 1.54) is 21.9 Å². The Morgan fingerprint density at radius 1 is 0.449 bits per heavy atom. The Morgan fingerprint density at radius 2 is 1.12 bits per heavy atom. The van der Waals surface area contributed by atoms with Gasteiger partial charge in [0.05, 0.1) is 38.7 Å². The first-order valence-corrected chi connectivity index (χ1v) is 16.5. The van der Waals surface area contributed by atoms with Crippen molar-refractivity contribution >= 4 is 54.5 Å². The quantitative estimate of drug-likeness (QED) is 0.196. The minimum Gasteiger partial charge on any atom is -0.456 e. The van der Waals surface area contributed by atoms with Gasteiger partial charge in [0, 0.05) is 32.8 Å². The molecule has 0 spiro atoms. The van der Waals surface area contributed by atoms with Crippen molar-refractivity contribution in [2.45, 2.75) is 0 Å². The molecule has 1 aliphatic rings. The van der Waals surface area contributed by atoms with Gasteiger partial charge in [-0.05, 0) is 65.7 Å². The first kappa shape index (κ1) is 26.4. The lowest BCUT2D eigenvalue weighted by atomic mass is 9.96. The van der Waals surface area contributed by atoms with Gasteiger partial charge in [0.25, 0.3) is 0 Å². The van der Waals surface area contributed by atoms with Gasteiger partial charge in [-0.25, -0.2) is 9.97 Å². The van der Waals surface area contributed by atoms with Crippen molar-refractivity contribution in [3.63, 3.8) is 0 Å². The molecule has 0 saturated heterocycles. The van der Waals surface area contributed by atoms with Crippen molar-refractivity contribution in [2.75, 3.05) is 0 Å². The van der Waals surface area contributed by atoms with E-state index < -0.39 is 0 Å². The van der Waals surface area contributed by atoms with Crippen molar-refractivity contribution in [3.05, 3.63) is 158 Å². The van der Waals surface area contributed by atoms with Gasteiger partial charge in [-0.1, -0.05) is 103 Å². The minimum atomic E-state index is 0.626. The molecule has 0 unspecified atom stereocenters. The van der Waals surface area contributed by atoms with Crippen LogP contribution in [0.4, 0.5) is 0 Å². The molecule has 0 atom stereocenters. The molecular weight excluding hydrogens is 601 g/mol. The molecule has 5 nitrogen and oxygen atoms in total. The number of benzene rings is 7. The van der Waals surface area contributed by atoms with Crippen molar-refractivity contribution in [2.24, 2.45) is 0 Å². The summed E-state index contributed by atoms with van der Waals surface area (Å²) >= 11 is 0. The second-order valence-electron chi connectivity index (χ2n) is 12.6. The van der Waals surface area contributed by atoms with E-state index in [2.05, 4.69) is 137 Å². The molecule has 0 saturated carbocycles. The molecule has 4 heterocycles. The van der Waals surface area contributed by atoms with Gasteiger partial charge in [0.15, 0.2) is 0 Å². The van der Waals surface area contributed by atoms with E-state index in [0.717, 1.165) is 72.2 Å². The summed E-state index contributed by atoms with van der Waals surface area (Å²) < 4.78 is 11.0. The maximum absolute atomic E-state index is 6.34. The Balaban J connectivity index is 1.38. The van der Waals surface area contributed by atoms with Crippen LogP contribution in [0.3, 0.4) is 0 Å².